The largest absolute Gasteiger partial charge is 0.325 e. The number of nitrogens with one attached hydrogen (secondary N) is 1. The van der Waals surface area contributed by atoms with E-state index in [2.05, 4.69) is 17.4 Å². The van der Waals surface area contributed by atoms with Crippen molar-refractivity contribution in [3.05, 3.63) is 63.2 Å². The fraction of sp³-hybridized carbons (Fsp3) is 0.235. The standard InChI is InChI=1S/C17H16N2O3S/c1-10-3-5-12-8-16(23-15(12)7-10)17(20)18-13-6-4-11(2)14(9-13)19(21)22/h3-7,9,16H,8H2,1-2H3,(H,18,20)/t16-/m0/s1. The third kappa shape index (κ3) is 3.22. The Morgan fingerprint density at radius 1 is 1.26 bits per heavy atom. The van der Waals surface area contributed by atoms with Crippen molar-refractivity contribution in [1.29, 1.82) is 0 Å². The van der Waals surface area contributed by atoms with E-state index in [1.54, 1.807) is 30.8 Å². The SMILES string of the molecule is Cc1ccc2c(c1)S[C@H](C(=O)Nc1ccc(C)c([N+](=O)[O-])c1)C2. The summed E-state index contributed by atoms with van der Waals surface area (Å²) in [4.78, 5) is 24.1. The van der Waals surface area contributed by atoms with Crippen LogP contribution in [0.1, 0.15) is 16.7 Å². The number of hydrogen-bond acceptors (Lipinski definition) is 4. The van der Waals surface area contributed by atoms with Crippen molar-refractivity contribution in [3.8, 4) is 0 Å². The highest BCUT2D eigenvalue weighted by molar-refractivity contribution is 8.01. The maximum atomic E-state index is 12.4. The number of aryl methyl sites for hydroxylation is 2. The number of amides is 1. The molecule has 1 amide bonds. The fourth-order valence-electron chi connectivity index (χ4n) is 2.59. The molecule has 23 heavy (non-hydrogen) atoms. The fourth-order valence-corrected chi connectivity index (χ4v) is 3.88. The van der Waals surface area contributed by atoms with Gasteiger partial charge in [0.2, 0.25) is 5.91 Å². The zero-order valence-electron chi connectivity index (χ0n) is 12.8. The first kappa shape index (κ1) is 15.6. The molecule has 0 saturated heterocycles. The summed E-state index contributed by atoms with van der Waals surface area (Å²) >= 11 is 1.55. The van der Waals surface area contributed by atoms with E-state index in [1.165, 1.54) is 17.2 Å². The molecule has 1 N–H and O–H groups in total. The van der Waals surface area contributed by atoms with Crippen LogP contribution in [-0.2, 0) is 11.2 Å². The van der Waals surface area contributed by atoms with Crippen LogP contribution in [0.15, 0.2) is 41.3 Å². The number of carbonyl (C=O) groups is 1. The molecule has 2 aromatic rings. The van der Waals surface area contributed by atoms with Crippen molar-refractivity contribution in [1.82, 2.24) is 0 Å². The maximum Gasteiger partial charge on any atom is 0.274 e. The molecule has 0 bridgehead atoms. The van der Waals surface area contributed by atoms with E-state index >= 15 is 0 Å². The van der Waals surface area contributed by atoms with Crippen LogP contribution in [0, 0.1) is 24.0 Å². The first-order valence-corrected chi connectivity index (χ1v) is 8.14. The zero-order chi connectivity index (χ0) is 16.6. The predicted octanol–water partition coefficient (Wildman–Crippen LogP) is 3.87. The van der Waals surface area contributed by atoms with Gasteiger partial charge in [0.15, 0.2) is 0 Å². The molecule has 0 spiro atoms. The van der Waals surface area contributed by atoms with Gasteiger partial charge in [0, 0.05) is 22.2 Å². The Balaban J connectivity index is 1.74. The summed E-state index contributed by atoms with van der Waals surface area (Å²) in [6.07, 6.45) is 0.681. The lowest BCUT2D eigenvalue weighted by Gasteiger charge is -2.10. The second kappa shape index (κ2) is 6.04. The molecule has 1 aliphatic rings. The molecule has 5 nitrogen and oxygen atoms in total. The van der Waals surface area contributed by atoms with Crippen molar-refractivity contribution in [2.75, 3.05) is 5.32 Å². The molecule has 0 saturated carbocycles. The smallest absolute Gasteiger partial charge is 0.274 e. The van der Waals surface area contributed by atoms with Gasteiger partial charge in [0.25, 0.3) is 5.69 Å². The van der Waals surface area contributed by atoms with Gasteiger partial charge >= 0.3 is 0 Å². The van der Waals surface area contributed by atoms with Crippen LogP contribution in [0.5, 0.6) is 0 Å². The van der Waals surface area contributed by atoms with E-state index in [4.69, 9.17) is 0 Å². The Kier molecular flexibility index (Phi) is 4.09. The van der Waals surface area contributed by atoms with Crippen molar-refractivity contribution in [2.24, 2.45) is 0 Å². The zero-order valence-corrected chi connectivity index (χ0v) is 13.6. The van der Waals surface area contributed by atoms with E-state index in [9.17, 15) is 14.9 Å². The number of thioether (sulfide) groups is 1. The lowest BCUT2D eigenvalue weighted by atomic mass is 10.1. The van der Waals surface area contributed by atoms with E-state index in [-0.39, 0.29) is 16.8 Å². The minimum atomic E-state index is -0.437. The number of fused-ring (bicyclic) bond motifs is 1. The van der Waals surface area contributed by atoms with Gasteiger partial charge in [-0.1, -0.05) is 23.8 Å². The number of nitro benzene ring substituents is 1. The second-order valence-electron chi connectivity index (χ2n) is 5.67. The highest BCUT2D eigenvalue weighted by atomic mass is 32.2. The number of carbonyl (C=O) groups excluding carboxylic acids is 1. The average molecular weight is 328 g/mol. The molecule has 1 aliphatic heterocycles. The van der Waals surface area contributed by atoms with Crippen molar-refractivity contribution in [2.45, 2.75) is 30.4 Å². The summed E-state index contributed by atoms with van der Waals surface area (Å²) < 4.78 is 0. The molecular weight excluding hydrogens is 312 g/mol. The number of nitrogens with zero attached hydrogens (tertiary/aromatic N) is 1. The molecule has 118 valence electrons. The first-order valence-electron chi connectivity index (χ1n) is 7.26. The second-order valence-corrected chi connectivity index (χ2v) is 6.91. The Hall–Kier alpha value is -2.34. The highest BCUT2D eigenvalue weighted by Gasteiger charge is 2.28. The van der Waals surface area contributed by atoms with Crippen LogP contribution < -0.4 is 5.32 Å². The molecule has 3 rings (SSSR count). The molecule has 0 radical (unpaired) electrons. The summed E-state index contributed by atoms with van der Waals surface area (Å²) in [5, 5.41) is 13.6. The average Bonchev–Trinajstić information content (AvgIpc) is 2.92. The summed E-state index contributed by atoms with van der Waals surface area (Å²) in [7, 11) is 0. The van der Waals surface area contributed by atoms with E-state index < -0.39 is 4.92 Å². The van der Waals surface area contributed by atoms with Crippen molar-refractivity contribution >= 4 is 29.0 Å². The summed E-state index contributed by atoms with van der Waals surface area (Å²) in [6, 6.07) is 10.9. The molecule has 0 fully saturated rings. The minimum Gasteiger partial charge on any atom is -0.325 e. The molecular formula is C17H16N2O3S. The summed E-state index contributed by atoms with van der Waals surface area (Å²) in [6.45, 7) is 3.70. The van der Waals surface area contributed by atoms with Crippen molar-refractivity contribution in [3.63, 3.8) is 0 Å². The van der Waals surface area contributed by atoms with Gasteiger partial charge in [-0.2, -0.15) is 0 Å². The molecule has 2 aromatic carbocycles. The van der Waals surface area contributed by atoms with Gasteiger partial charge in [-0.3, -0.25) is 14.9 Å². The normalized spacial score (nSPS) is 16.0. The highest BCUT2D eigenvalue weighted by Crippen LogP contribution is 2.38. The predicted molar refractivity (Wildman–Crippen MR) is 91.0 cm³/mol. The van der Waals surface area contributed by atoms with Crippen LogP contribution in [0.25, 0.3) is 0 Å². The monoisotopic (exact) mass is 328 g/mol. The van der Waals surface area contributed by atoms with E-state index in [0.29, 0.717) is 17.7 Å². The molecule has 0 aromatic heterocycles. The molecule has 0 aliphatic carbocycles. The molecule has 1 heterocycles. The topological polar surface area (TPSA) is 72.2 Å². The molecule has 0 unspecified atom stereocenters. The minimum absolute atomic E-state index is 0.0146. The van der Waals surface area contributed by atoms with E-state index in [1.807, 2.05) is 13.0 Å². The first-order chi connectivity index (χ1) is 10.9. The quantitative estimate of drug-likeness (QED) is 0.686. The Bertz CT molecular complexity index is 804. The Labute approximate surface area is 138 Å². The third-order valence-electron chi connectivity index (χ3n) is 3.86. The Morgan fingerprint density at radius 2 is 2.04 bits per heavy atom. The van der Waals surface area contributed by atoms with Crippen LogP contribution in [0.4, 0.5) is 11.4 Å². The maximum absolute atomic E-state index is 12.4. The van der Waals surface area contributed by atoms with Gasteiger partial charge in [-0.05, 0) is 38.0 Å². The third-order valence-corrected chi connectivity index (χ3v) is 5.16. The van der Waals surface area contributed by atoms with Gasteiger partial charge < -0.3 is 5.32 Å². The summed E-state index contributed by atoms with van der Waals surface area (Å²) in [5.74, 6) is -0.123. The van der Waals surface area contributed by atoms with Gasteiger partial charge in [-0.15, -0.1) is 11.8 Å². The van der Waals surface area contributed by atoms with Crippen LogP contribution in [0.3, 0.4) is 0 Å². The van der Waals surface area contributed by atoms with Gasteiger partial charge in [-0.25, -0.2) is 0 Å². The van der Waals surface area contributed by atoms with Gasteiger partial charge in [0.05, 0.1) is 10.2 Å². The number of hydrogen-bond donors (Lipinski definition) is 1. The molecule has 1 atom stereocenters. The summed E-state index contributed by atoms with van der Waals surface area (Å²) in [5.41, 5.74) is 3.40. The number of benzene rings is 2. The van der Waals surface area contributed by atoms with Crippen LogP contribution in [-0.4, -0.2) is 16.1 Å². The van der Waals surface area contributed by atoms with Gasteiger partial charge in [0.1, 0.15) is 0 Å². The van der Waals surface area contributed by atoms with E-state index in [0.717, 1.165) is 4.90 Å². The molecule has 6 heteroatoms. The number of anilines is 1. The van der Waals surface area contributed by atoms with Crippen LogP contribution in [0.2, 0.25) is 0 Å². The number of rotatable bonds is 3. The lowest BCUT2D eigenvalue weighted by Crippen LogP contribution is -2.24. The lowest BCUT2D eigenvalue weighted by molar-refractivity contribution is -0.385. The number of nitro groups is 1. The van der Waals surface area contributed by atoms with Crippen molar-refractivity contribution < 1.29 is 9.72 Å². The van der Waals surface area contributed by atoms with Crippen LogP contribution >= 0.6 is 11.8 Å². The Morgan fingerprint density at radius 3 is 2.78 bits per heavy atom.